The Hall–Kier alpha value is -3.61. The third kappa shape index (κ3) is 4.23. The number of rotatable bonds is 5. The van der Waals surface area contributed by atoms with Crippen molar-refractivity contribution < 1.29 is 0 Å². The van der Waals surface area contributed by atoms with E-state index in [2.05, 4.69) is 71.4 Å². The van der Waals surface area contributed by atoms with Crippen molar-refractivity contribution in [2.75, 3.05) is 18.0 Å². The average molecular weight is 444 g/mol. The van der Waals surface area contributed by atoms with Crippen LogP contribution in [0.4, 0.5) is 5.95 Å². The van der Waals surface area contributed by atoms with Crippen LogP contribution >= 0.6 is 0 Å². The van der Waals surface area contributed by atoms with Gasteiger partial charge in [-0.25, -0.2) is 4.79 Å². The Bertz CT molecular complexity index is 1370. The summed E-state index contributed by atoms with van der Waals surface area (Å²) in [7, 11) is 1.65. The SMILES string of the molecule is Cc1ccc(Cn2c(N3CCC(Cc4ccccc4)CC3)nc3c2c(=O)[nH]c(=O)n3C)cc1. The van der Waals surface area contributed by atoms with E-state index in [1.807, 2.05) is 4.57 Å². The fourth-order valence-corrected chi connectivity index (χ4v) is 4.77. The van der Waals surface area contributed by atoms with Crippen LogP contribution in [0.15, 0.2) is 64.2 Å². The van der Waals surface area contributed by atoms with Gasteiger partial charge >= 0.3 is 5.69 Å². The van der Waals surface area contributed by atoms with Gasteiger partial charge in [-0.05, 0) is 43.2 Å². The van der Waals surface area contributed by atoms with Gasteiger partial charge < -0.3 is 4.90 Å². The first kappa shape index (κ1) is 21.2. The molecule has 2 aromatic heterocycles. The molecule has 1 aliphatic heterocycles. The quantitative estimate of drug-likeness (QED) is 0.514. The first-order chi connectivity index (χ1) is 16.0. The second-order valence-electron chi connectivity index (χ2n) is 9.09. The highest BCUT2D eigenvalue weighted by molar-refractivity contribution is 5.74. The molecular formula is C26H29N5O2. The van der Waals surface area contributed by atoms with Crippen LogP contribution in [0.2, 0.25) is 0 Å². The molecule has 1 N–H and O–H groups in total. The van der Waals surface area contributed by atoms with Gasteiger partial charge in [0.1, 0.15) is 0 Å². The second kappa shape index (κ2) is 8.73. The van der Waals surface area contributed by atoms with Crippen LogP contribution in [0.25, 0.3) is 11.2 Å². The molecule has 0 unspecified atom stereocenters. The van der Waals surface area contributed by atoms with Gasteiger partial charge in [-0.1, -0.05) is 60.2 Å². The summed E-state index contributed by atoms with van der Waals surface area (Å²) < 4.78 is 3.39. The van der Waals surface area contributed by atoms with Gasteiger partial charge in [0.05, 0.1) is 6.54 Å². The number of imidazole rings is 1. The van der Waals surface area contributed by atoms with Gasteiger partial charge in [-0.2, -0.15) is 4.98 Å². The summed E-state index contributed by atoms with van der Waals surface area (Å²) in [5.41, 5.74) is 3.70. The van der Waals surface area contributed by atoms with E-state index in [0.717, 1.165) is 43.9 Å². The minimum atomic E-state index is -0.444. The smallest absolute Gasteiger partial charge is 0.329 e. The molecule has 7 nitrogen and oxygen atoms in total. The van der Waals surface area contributed by atoms with Crippen molar-refractivity contribution in [2.45, 2.75) is 32.7 Å². The zero-order valence-corrected chi connectivity index (χ0v) is 19.1. The molecule has 0 saturated carbocycles. The van der Waals surface area contributed by atoms with E-state index in [9.17, 15) is 9.59 Å². The molecule has 7 heteroatoms. The van der Waals surface area contributed by atoms with Crippen molar-refractivity contribution in [3.05, 3.63) is 92.1 Å². The molecule has 1 fully saturated rings. The molecule has 0 bridgehead atoms. The van der Waals surface area contributed by atoms with Gasteiger partial charge in [0.2, 0.25) is 5.95 Å². The molecule has 1 saturated heterocycles. The lowest BCUT2D eigenvalue weighted by Crippen LogP contribution is -2.36. The van der Waals surface area contributed by atoms with Crippen molar-refractivity contribution in [1.29, 1.82) is 0 Å². The number of benzene rings is 2. The van der Waals surface area contributed by atoms with Gasteiger partial charge in [0, 0.05) is 20.1 Å². The summed E-state index contributed by atoms with van der Waals surface area (Å²) in [6.45, 7) is 4.33. The minimum absolute atomic E-state index is 0.391. The van der Waals surface area contributed by atoms with Crippen molar-refractivity contribution in [2.24, 2.45) is 13.0 Å². The molecule has 0 spiro atoms. The predicted octanol–water partition coefficient (Wildman–Crippen LogP) is 3.24. The monoisotopic (exact) mass is 443 g/mol. The lowest BCUT2D eigenvalue weighted by atomic mass is 9.90. The predicted molar refractivity (Wildman–Crippen MR) is 131 cm³/mol. The van der Waals surface area contributed by atoms with Gasteiger partial charge in [0.25, 0.3) is 5.56 Å². The van der Waals surface area contributed by atoms with E-state index in [1.165, 1.54) is 15.7 Å². The number of H-pyrrole nitrogens is 1. The third-order valence-electron chi connectivity index (χ3n) is 6.71. The number of hydrogen-bond acceptors (Lipinski definition) is 4. The number of anilines is 1. The number of piperidine rings is 1. The molecule has 0 atom stereocenters. The summed E-state index contributed by atoms with van der Waals surface area (Å²) >= 11 is 0. The van der Waals surface area contributed by atoms with Crippen LogP contribution in [-0.2, 0) is 20.0 Å². The largest absolute Gasteiger partial charge is 0.342 e. The maximum atomic E-state index is 12.8. The molecule has 2 aromatic carbocycles. The van der Waals surface area contributed by atoms with Crippen LogP contribution in [-0.4, -0.2) is 32.2 Å². The Labute approximate surface area is 192 Å². The van der Waals surface area contributed by atoms with Gasteiger partial charge in [0.15, 0.2) is 11.2 Å². The molecule has 0 amide bonds. The van der Waals surface area contributed by atoms with Gasteiger partial charge in [-0.3, -0.25) is 18.9 Å². The number of nitrogens with one attached hydrogen (secondary N) is 1. The van der Waals surface area contributed by atoms with Crippen molar-refractivity contribution in [3.8, 4) is 0 Å². The number of aromatic amines is 1. The highest BCUT2D eigenvalue weighted by atomic mass is 16.2. The molecule has 0 radical (unpaired) electrons. The molecule has 0 aliphatic carbocycles. The Kier molecular flexibility index (Phi) is 5.62. The number of aryl methyl sites for hydroxylation is 2. The van der Waals surface area contributed by atoms with E-state index in [-0.39, 0.29) is 0 Å². The summed E-state index contributed by atoms with van der Waals surface area (Å²) in [6, 6.07) is 18.9. The van der Waals surface area contributed by atoms with E-state index in [0.29, 0.717) is 23.6 Å². The van der Waals surface area contributed by atoms with Crippen LogP contribution in [0.3, 0.4) is 0 Å². The average Bonchev–Trinajstić information content (AvgIpc) is 3.20. The zero-order valence-electron chi connectivity index (χ0n) is 19.1. The number of hydrogen-bond donors (Lipinski definition) is 1. The first-order valence-corrected chi connectivity index (χ1v) is 11.5. The van der Waals surface area contributed by atoms with E-state index in [4.69, 9.17) is 4.98 Å². The molecule has 3 heterocycles. The molecular weight excluding hydrogens is 414 g/mol. The third-order valence-corrected chi connectivity index (χ3v) is 6.71. The summed E-state index contributed by atoms with van der Waals surface area (Å²) in [5.74, 6) is 1.39. The highest BCUT2D eigenvalue weighted by Gasteiger charge is 2.26. The second-order valence-corrected chi connectivity index (χ2v) is 9.09. The van der Waals surface area contributed by atoms with Crippen molar-refractivity contribution in [3.63, 3.8) is 0 Å². The molecule has 33 heavy (non-hydrogen) atoms. The Morgan fingerprint density at radius 1 is 0.970 bits per heavy atom. The highest BCUT2D eigenvalue weighted by Crippen LogP contribution is 2.28. The standard InChI is InChI=1S/C26H29N5O2/c1-18-8-10-21(11-9-18)17-31-22-23(29(2)26(33)28-24(22)32)27-25(31)30-14-12-20(13-15-30)16-19-6-4-3-5-7-19/h3-11,20H,12-17H2,1-2H3,(H,28,32,33). The minimum Gasteiger partial charge on any atom is -0.342 e. The topological polar surface area (TPSA) is 75.9 Å². The molecule has 5 rings (SSSR count). The van der Waals surface area contributed by atoms with Crippen molar-refractivity contribution in [1.82, 2.24) is 19.1 Å². The normalized spacial score (nSPS) is 14.8. The molecule has 1 aliphatic rings. The molecule has 4 aromatic rings. The fourth-order valence-electron chi connectivity index (χ4n) is 4.77. The fraction of sp³-hybridized carbons (Fsp3) is 0.346. The number of fused-ring (bicyclic) bond motifs is 1. The summed E-state index contributed by atoms with van der Waals surface area (Å²) in [6.07, 6.45) is 3.22. The van der Waals surface area contributed by atoms with E-state index < -0.39 is 11.2 Å². The van der Waals surface area contributed by atoms with Crippen LogP contribution in [0.5, 0.6) is 0 Å². The van der Waals surface area contributed by atoms with Gasteiger partial charge in [-0.15, -0.1) is 0 Å². The maximum Gasteiger partial charge on any atom is 0.329 e. The lowest BCUT2D eigenvalue weighted by molar-refractivity contribution is 0.399. The summed E-state index contributed by atoms with van der Waals surface area (Å²) in [5, 5.41) is 0. The van der Waals surface area contributed by atoms with Crippen LogP contribution in [0, 0.1) is 12.8 Å². The molecule has 170 valence electrons. The zero-order chi connectivity index (χ0) is 22.9. The number of nitrogens with zero attached hydrogens (tertiary/aromatic N) is 4. The summed E-state index contributed by atoms with van der Waals surface area (Å²) in [4.78, 5) is 34.5. The Morgan fingerprint density at radius 2 is 1.67 bits per heavy atom. The maximum absolute atomic E-state index is 12.8. The van der Waals surface area contributed by atoms with E-state index >= 15 is 0 Å². The Balaban J connectivity index is 1.47. The van der Waals surface area contributed by atoms with Crippen molar-refractivity contribution >= 4 is 17.1 Å². The lowest BCUT2D eigenvalue weighted by Gasteiger charge is -2.33. The van der Waals surface area contributed by atoms with Crippen LogP contribution < -0.4 is 16.1 Å². The Morgan fingerprint density at radius 3 is 2.36 bits per heavy atom. The number of aromatic nitrogens is 4. The first-order valence-electron chi connectivity index (χ1n) is 11.5. The van der Waals surface area contributed by atoms with E-state index in [1.54, 1.807) is 7.05 Å². The van der Waals surface area contributed by atoms with Crippen LogP contribution in [0.1, 0.15) is 29.5 Å².